The van der Waals surface area contributed by atoms with Gasteiger partial charge in [-0.15, -0.1) is 12.4 Å². The Hall–Kier alpha value is -1.67. The summed E-state index contributed by atoms with van der Waals surface area (Å²) in [5.74, 6) is 0.515. The van der Waals surface area contributed by atoms with E-state index in [1.54, 1.807) is 11.5 Å². The van der Waals surface area contributed by atoms with E-state index in [-0.39, 0.29) is 24.1 Å². The zero-order valence-corrected chi connectivity index (χ0v) is 15.0. The first kappa shape index (κ1) is 20.4. The number of nitrogens with one attached hydrogen (secondary N) is 1. The van der Waals surface area contributed by atoms with Crippen molar-refractivity contribution in [3.05, 3.63) is 22.1 Å². The molecule has 8 nitrogen and oxygen atoms in total. The van der Waals surface area contributed by atoms with E-state index in [0.717, 1.165) is 38.9 Å². The lowest BCUT2D eigenvalue weighted by Crippen LogP contribution is -2.46. The molecule has 0 saturated carbocycles. The third kappa shape index (κ3) is 5.17. The number of imidazole rings is 1. The Kier molecular flexibility index (Phi) is 8.14. The maximum atomic E-state index is 12.6. The second kappa shape index (κ2) is 9.58. The van der Waals surface area contributed by atoms with Crippen LogP contribution in [0.4, 0.5) is 5.82 Å². The summed E-state index contributed by atoms with van der Waals surface area (Å²) >= 11 is 0. The SMILES string of the molecule is CCCN(C(=O)CCn1cc([N+](=O)[O-])nc1C)C1CCNCC1.Cl. The van der Waals surface area contributed by atoms with E-state index in [4.69, 9.17) is 0 Å². The molecule has 24 heavy (non-hydrogen) atoms. The molecule has 9 heteroatoms. The number of nitrogens with zero attached hydrogens (tertiary/aromatic N) is 4. The van der Waals surface area contributed by atoms with Crippen molar-refractivity contribution in [2.24, 2.45) is 0 Å². The Morgan fingerprint density at radius 3 is 2.71 bits per heavy atom. The standard InChI is InChI=1S/C15H25N5O3.ClH/c1-3-9-19(13-4-7-16-8-5-13)15(21)6-10-18-11-14(20(22)23)17-12(18)2;/h11,13,16H,3-10H2,1-2H3;1H. The summed E-state index contributed by atoms with van der Waals surface area (Å²) in [5.41, 5.74) is 0. The number of hydrogen-bond donors (Lipinski definition) is 1. The topological polar surface area (TPSA) is 93.3 Å². The van der Waals surface area contributed by atoms with Crippen LogP contribution in [-0.4, -0.2) is 51.0 Å². The fourth-order valence-corrected chi connectivity index (χ4v) is 3.04. The molecule has 1 amide bonds. The molecule has 1 aliphatic rings. The summed E-state index contributed by atoms with van der Waals surface area (Å²) in [7, 11) is 0. The number of aromatic nitrogens is 2. The number of amides is 1. The summed E-state index contributed by atoms with van der Waals surface area (Å²) in [6.45, 7) is 6.89. The molecule has 0 bridgehead atoms. The van der Waals surface area contributed by atoms with Crippen molar-refractivity contribution >= 4 is 24.1 Å². The molecule has 2 rings (SSSR count). The van der Waals surface area contributed by atoms with Crippen molar-refractivity contribution in [3.8, 4) is 0 Å². The van der Waals surface area contributed by atoms with E-state index in [2.05, 4.69) is 17.2 Å². The van der Waals surface area contributed by atoms with E-state index in [1.165, 1.54) is 6.20 Å². The van der Waals surface area contributed by atoms with Gasteiger partial charge in [0.05, 0.1) is 0 Å². The molecule has 2 heterocycles. The van der Waals surface area contributed by atoms with Crippen LogP contribution in [-0.2, 0) is 11.3 Å². The van der Waals surface area contributed by atoms with E-state index >= 15 is 0 Å². The molecule has 0 aromatic carbocycles. The number of piperidine rings is 1. The zero-order valence-electron chi connectivity index (χ0n) is 14.2. The first-order valence-electron chi connectivity index (χ1n) is 8.21. The zero-order chi connectivity index (χ0) is 16.8. The minimum Gasteiger partial charge on any atom is -0.358 e. The first-order valence-corrected chi connectivity index (χ1v) is 8.21. The molecule has 0 radical (unpaired) electrons. The van der Waals surface area contributed by atoms with E-state index in [1.807, 2.05) is 4.90 Å². The predicted octanol–water partition coefficient (Wildman–Crippen LogP) is 1.90. The van der Waals surface area contributed by atoms with Gasteiger partial charge in [-0.2, -0.15) is 0 Å². The van der Waals surface area contributed by atoms with Crippen molar-refractivity contribution in [1.82, 2.24) is 19.8 Å². The average Bonchev–Trinajstić information content (AvgIpc) is 2.92. The molecular formula is C15H26ClN5O3. The Bertz CT molecular complexity index is 557. The molecule has 1 aromatic rings. The number of carbonyl (C=O) groups is 1. The molecule has 1 aliphatic heterocycles. The van der Waals surface area contributed by atoms with E-state index < -0.39 is 4.92 Å². The number of nitro groups is 1. The van der Waals surface area contributed by atoms with Gasteiger partial charge in [-0.05, 0) is 42.3 Å². The Morgan fingerprint density at radius 1 is 1.50 bits per heavy atom. The maximum Gasteiger partial charge on any atom is 0.381 e. The van der Waals surface area contributed by atoms with Gasteiger partial charge in [-0.1, -0.05) is 6.92 Å². The van der Waals surface area contributed by atoms with Crippen LogP contribution in [0.2, 0.25) is 0 Å². The van der Waals surface area contributed by atoms with Crippen LogP contribution < -0.4 is 5.32 Å². The van der Waals surface area contributed by atoms with Gasteiger partial charge in [0, 0.05) is 32.5 Å². The lowest BCUT2D eigenvalue weighted by Gasteiger charge is -2.34. The third-order valence-electron chi connectivity index (χ3n) is 4.25. The predicted molar refractivity (Wildman–Crippen MR) is 93.4 cm³/mol. The summed E-state index contributed by atoms with van der Waals surface area (Å²) in [6, 6.07) is 0.307. The highest BCUT2D eigenvalue weighted by Crippen LogP contribution is 2.15. The minimum atomic E-state index is -0.510. The van der Waals surface area contributed by atoms with E-state index in [0.29, 0.717) is 24.8 Å². The van der Waals surface area contributed by atoms with Crippen molar-refractivity contribution in [2.45, 2.75) is 52.1 Å². The van der Waals surface area contributed by atoms with Crippen LogP contribution in [0.15, 0.2) is 6.20 Å². The molecule has 1 N–H and O–H groups in total. The Labute approximate surface area is 148 Å². The van der Waals surface area contributed by atoms with Gasteiger partial charge in [0.25, 0.3) is 0 Å². The van der Waals surface area contributed by atoms with Crippen LogP contribution >= 0.6 is 12.4 Å². The monoisotopic (exact) mass is 359 g/mol. The van der Waals surface area contributed by atoms with Crippen LogP contribution in [0.3, 0.4) is 0 Å². The minimum absolute atomic E-state index is 0. The first-order chi connectivity index (χ1) is 11.0. The number of halogens is 1. The average molecular weight is 360 g/mol. The highest BCUT2D eigenvalue weighted by Gasteiger charge is 2.25. The lowest BCUT2D eigenvalue weighted by molar-refractivity contribution is -0.389. The van der Waals surface area contributed by atoms with Gasteiger partial charge < -0.3 is 24.9 Å². The van der Waals surface area contributed by atoms with Crippen LogP contribution in [0.5, 0.6) is 0 Å². The fourth-order valence-electron chi connectivity index (χ4n) is 3.04. The number of hydrogen-bond acceptors (Lipinski definition) is 5. The quantitative estimate of drug-likeness (QED) is 0.592. The normalized spacial score (nSPS) is 14.9. The molecule has 1 fully saturated rings. The Balaban J connectivity index is 0.00000288. The largest absolute Gasteiger partial charge is 0.381 e. The van der Waals surface area contributed by atoms with Crippen LogP contribution in [0.1, 0.15) is 38.4 Å². The third-order valence-corrected chi connectivity index (χ3v) is 4.25. The second-order valence-electron chi connectivity index (χ2n) is 5.92. The maximum absolute atomic E-state index is 12.6. The molecule has 0 unspecified atom stereocenters. The number of rotatable bonds is 7. The van der Waals surface area contributed by atoms with Crippen molar-refractivity contribution < 1.29 is 9.72 Å². The van der Waals surface area contributed by atoms with Gasteiger partial charge in [-0.25, -0.2) is 0 Å². The van der Waals surface area contributed by atoms with Gasteiger partial charge in [0.1, 0.15) is 6.20 Å². The van der Waals surface area contributed by atoms with Crippen LogP contribution in [0.25, 0.3) is 0 Å². The van der Waals surface area contributed by atoms with Gasteiger partial charge in [0.15, 0.2) is 0 Å². The summed E-state index contributed by atoms with van der Waals surface area (Å²) < 4.78 is 1.68. The highest BCUT2D eigenvalue weighted by atomic mass is 35.5. The van der Waals surface area contributed by atoms with Crippen molar-refractivity contribution in [1.29, 1.82) is 0 Å². The number of aryl methyl sites for hydroxylation is 2. The molecular weight excluding hydrogens is 334 g/mol. The van der Waals surface area contributed by atoms with Crippen molar-refractivity contribution in [3.63, 3.8) is 0 Å². The second-order valence-corrected chi connectivity index (χ2v) is 5.92. The molecule has 1 aromatic heterocycles. The molecule has 0 spiro atoms. The smallest absolute Gasteiger partial charge is 0.358 e. The number of carbonyl (C=O) groups excluding carboxylic acids is 1. The Morgan fingerprint density at radius 2 is 2.17 bits per heavy atom. The summed E-state index contributed by atoms with van der Waals surface area (Å²) in [4.78, 5) is 28.7. The van der Waals surface area contributed by atoms with Crippen LogP contribution in [0, 0.1) is 17.0 Å². The molecule has 136 valence electrons. The molecule has 0 atom stereocenters. The summed E-state index contributed by atoms with van der Waals surface area (Å²) in [6.07, 6.45) is 4.66. The molecule has 1 saturated heterocycles. The van der Waals surface area contributed by atoms with Gasteiger partial charge in [-0.3, -0.25) is 4.79 Å². The highest BCUT2D eigenvalue weighted by molar-refractivity contribution is 5.85. The van der Waals surface area contributed by atoms with Gasteiger partial charge >= 0.3 is 5.82 Å². The van der Waals surface area contributed by atoms with Crippen molar-refractivity contribution in [2.75, 3.05) is 19.6 Å². The molecule has 0 aliphatic carbocycles. The van der Waals surface area contributed by atoms with E-state index in [9.17, 15) is 14.9 Å². The lowest BCUT2D eigenvalue weighted by atomic mass is 10.0. The summed E-state index contributed by atoms with van der Waals surface area (Å²) in [5, 5.41) is 14.1. The fraction of sp³-hybridized carbons (Fsp3) is 0.733. The van der Waals surface area contributed by atoms with Gasteiger partial charge in [0.2, 0.25) is 11.7 Å².